The van der Waals surface area contributed by atoms with Crippen LogP contribution in [0.3, 0.4) is 0 Å². The van der Waals surface area contributed by atoms with Crippen LogP contribution in [0.25, 0.3) is 0 Å². The number of halogens is 3. The fourth-order valence-electron chi connectivity index (χ4n) is 0.957. The van der Waals surface area contributed by atoms with Crippen LogP contribution < -0.4 is 10.6 Å². The topological polar surface area (TPSA) is 41.1 Å². The summed E-state index contributed by atoms with van der Waals surface area (Å²) in [6.45, 7) is 5.13. The quantitative estimate of drug-likeness (QED) is 0.767. The molecule has 0 heterocycles. The number of amides is 1. The lowest BCUT2D eigenvalue weighted by atomic mass is 9.92. The van der Waals surface area contributed by atoms with Crippen LogP contribution in [-0.4, -0.2) is 31.7 Å². The SMILES string of the molecule is CC(C)(C)CCNC(=O)CNCC(F)(F)F. The van der Waals surface area contributed by atoms with Gasteiger partial charge in [0.15, 0.2) is 0 Å². The van der Waals surface area contributed by atoms with Crippen molar-refractivity contribution in [1.82, 2.24) is 10.6 Å². The van der Waals surface area contributed by atoms with Crippen molar-refractivity contribution < 1.29 is 18.0 Å². The Morgan fingerprint density at radius 2 is 1.75 bits per heavy atom. The number of rotatable bonds is 5. The van der Waals surface area contributed by atoms with Gasteiger partial charge in [-0.1, -0.05) is 20.8 Å². The molecule has 1 amide bonds. The van der Waals surface area contributed by atoms with Crippen LogP contribution in [0.15, 0.2) is 0 Å². The van der Waals surface area contributed by atoms with Crippen LogP contribution in [0, 0.1) is 5.41 Å². The smallest absolute Gasteiger partial charge is 0.355 e. The second kappa shape index (κ2) is 6.08. The van der Waals surface area contributed by atoms with Gasteiger partial charge >= 0.3 is 6.18 Å². The molecular weight excluding hydrogens is 221 g/mol. The molecule has 0 atom stereocenters. The Balaban J connectivity index is 3.53. The van der Waals surface area contributed by atoms with Gasteiger partial charge in [-0.2, -0.15) is 13.2 Å². The summed E-state index contributed by atoms with van der Waals surface area (Å²) in [7, 11) is 0. The molecule has 6 heteroatoms. The lowest BCUT2D eigenvalue weighted by Gasteiger charge is -2.18. The molecule has 0 aliphatic rings. The van der Waals surface area contributed by atoms with Gasteiger partial charge in [0.2, 0.25) is 5.91 Å². The molecule has 0 aromatic heterocycles. The van der Waals surface area contributed by atoms with E-state index in [2.05, 4.69) is 5.32 Å². The maximum absolute atomic E-state index is 11.7. The normalized spacial score (nSPS) is 12.6. The van der Waals surface area contributed by atoms with Gasteiger partial charge in [0.1, 0.15) is 0 Å². The largest absolute Gasteiger partial charge is 0.401 e. The van der Waals surface area contributed by atoms with Gasteiger partial charge in [0, 0.05) is 6.54 Å². The molecular formula is C10H19F3N2O. The lowest BCUT2D eigenvalue weighted by Crippen LogP contribution is -2.39. The summed E-state index contributed by atoms with van der Waals surface area (Å²) in [6, 6.07) is 0. The van der Waals surface area contributed by atoms with E-state index in [4.69, 9.17) is 0 Å². The molecule has 0 spiro atoms. The highest BCUT2D eigenvalue weighted by Gasteiger charge is 2.26. The average molecular weight is 240 g/mol. The summed E-state index contributed by atoms with van der Waals surface area (Å²) >= 11 is 0. The van der Waals surface area contributed by atoms with E-state index in [0.717, 1.165) is 6.42 Å². The molecule has 0 aliphatic carbocycles. The summed E-state index contributed by atoms with van der Waals surface area (Å²) in [6.07, 6.45) is -3.48. The van der Waals surface area contributed by atoms with E-state index < -0.39 is 18.6 Å². The highest BCUT2D eigenvalue weighted by Crippen LogP contribution is 2.16. The van der Waals surface area contributed by atoms with E-state index in [1.165, 1.54) is 0 Å². The summed E-state index contributed by atoms with van der Waals surface area (Å²) < 4.78 is 35.2. The van der Waals surface area contributed by atoms with Crippen LogP contribution in [0.5, 0.6) is 0 Å². The van der Waals surface area contributed by atoms with Crippen LogP contribution in [0.1, 0.15) is 27.2 Å². The van der Waals surface area contributed by atoms with Gasteiger partial charge in [-0.05, 0) is 11.8 Å². The van der Waals surface area contributed by atoms with Crippen molar-refractivity contribution in [2.24, 2.45) is 5.41 Å². The molecule has 0 aliphatic heterocycles. The van der Waals surface area contributed by atoms with Gasteiger partial charge in [0.25, 0.3) is 0 Å². The average Bonchev–Trinajstić information content (AvgIpc) is 1.98. The van der Waals surface area contributed by atoms with E-state index in [9.17, 15) is 18.0 Å². The van der Waals surface area contributed by atoms with Crippen molar-refractivity contribution in [3.05, 3.63) is 0 Å². The molecule has 3 nitrogen and oxygen atoms in total. The predicted molar refractivity (Wildman–Crippen MR) is 56.0 cm³/mol. The summed E-state index contributed by atoms with van der Waals surface area (Å²) in [4.78, 5) is 11.1. The van der Waals surface area contributed by atoms with E-state index in [1.54, 1.807) is 0 Å². The Hall–Kier alpha value is -0.780. The van der Waals surface area contributed by atoms with Gasteiger partial charge < -0.3 is 10.6 Å². The maximum atomic E-state index is 11.7. The molecule has 0 fully saturated rings. The predicted octanol–water partition coefficient (Wildman–Crippen LogP) is 1.69. The van der Waals surface area contributed by atoms with Crippen molar-refractivity contribution in [2.75, 3.05) is 19.6 Å². The third-order valence-corrected chi connectivity index (χ3v) is 1.81. The van der Waals surface area contributed by atoms with E-state index in [1.807, 2.05) is 26.1 Å². The Morgan fingerprint density at radius 1 is 1.19 bits per heavy atom. The van der Waals surface area contributed by atoms with E-state index in [0.29, 0.717) is 6.54 Å². The number of hydrogen-bond acceptors (Lipinski definition) is 2. The molecule has 0 aromatic rings. The zero-order valence-electron chi connectivity index (χ0n) is 9.87. The fourth-order valence-corrected chi connectivity index (χ4v) is 0.957. The molecule has 0 saturated heterocycles. The standard InChI is InChI=1S/C10H19F3N2O/c1-9(2,3)4-5-15-8(16)6-14-7-10(11,12)13/h14H,4-7H2,1-3H3,(H,15,16). The molecule has 0 aromatic carbocycles. The van der Waals surface area contributed by atoms with Gasteiger partial charge in [0.05, 0.1) is 13.1 Å². The molecule has 96 valence electrons. The number of nitrogens with one attached hydrogen (secondary N) is 2. The first kappa shape index (κ1) is 15.2. The minimum atomic E-state index is -4.27. The van der Waals surface area contributed by atoms with Crippen LogP contribution in [-0.2, 0) is 4.79 Å². The van der Waals surface area contributed by atoms with Crippen molar-refractivity contribution in [3.63, 3.8) is 0 Å². The summed E-state index contributed by atoms with van der Waals surface area (Å²) in [5, 5.41) is 4.59. The number of carbonyl (C=O) groups is 1. The molecule has 0 radical (unpaired) electrons. The Labute approximate surface area is 93.8 Å². The second-order valence-electron chi connectivity index (χ2n) is 4.88. The Bertz CT molecular complexity index is 199. The fraction of sp³-hybridized carbons (Fsp3) is 0.900. The van der Waals surface area contributed by atoms with Crippen molar-refractivity contribution in [2.45, 2.75) is 33.4 Å². The highest BCUT2D eigenvalue weighted by atomic mass is 19.4. The third kappa shape index (κ3) is 11.3. The summed E-state index contributed by atoms with van der Waals surface area (Å²) in [5.74, 6) is -0.409. The minimum absolute atomic E-state index is 0.104. The number of alkyl halides is 3. The first-order valence-corrected chi connectivity index (χ1v) is 5.14. The number of hydrogen-bond donors (Lipinski definition) is 2. The van der Waals surface area contributed by atoms with Crippen molar-refractivity contribution in [3.8, 4) is 0 Å². The molecule has 0 rings (SSSR count). The Kier molecular flexibility index (Phi) is 5.78. The summed E-state index contributed by atoms with van der Waals surface area (Å²) in [5.41, 5.74) is 0.104. The molecule has 2 N–H and O–H groups in total. The minimum Gasteiger partial charge on any atom is -0.355 e. The van der Waals surface area contributed by atoms with Gasteiger partial charge in [-0.3, -0.25) is 4.79 Å². The maximum Gasteiger partial charge on any atom is 0.401 e. The first-order valence-electron chi connectivity index (χ1n) is 5.14. The van der Waals surface area contributed by atoms with Gasteiger partial charge in [-0.15, -0.1) is 0 Å². The van der Waals surface area contributed by atoms with E-state index >= 15 is 0 Å². The van der Waals surface area contributed by atoms with Crippen molar-refractivity contribution >= 4 is 5.91 Å². The third-order valence-electron chi connectivity index (χ3n) is 1.81. The van der Waals surface area contributed by atoms with E-state index in [-0.39, 0.29) is 12.0 Å². The van der Waals surface area contributed by atoms with Gasteiger partial charge in [-0.25, -0.2) is 0 Å². The molecule has 0 saturated carbocycles. The zero-order valence-corrected chi connectivity index (χ0v) is 9.87. The zero-order chi connectivity index (χ0) is 12.8. The second-order valence-corrected chi connectivity index (χ2v) is 4.88. The Morgan fingerprint density at radius 3 is 2.19 bits per heavy atom. The molecule has 0 unspecified atom stereocenters. The van der Waals surface area contributed by atoms with Crippen molar-refractivity contribution in [1.29, 1.82) is 0 Å². The molecule has 0 bridgehead atoms. The molecule has 16 heavy (non-hydrogen) atoms. The van der Waals surface area contributed by atoms with Crippen LogP contribution in [0.2, 0.25) is 0 Å². The monoisotopic (exact) mass is 240 g/mol. The van der Waals surface area contributed by atoms with Crippen LogP contribution >= 0.6 is 0 Å². The highest BCUT2D eigenvalue weighted by molar-refractivity contribution is 5.77. The number of carbonyl (C=O) groups excluding carboxylic acids is 1. The lowest BCUT2D eigenvalue weighted by molar-refractivity contribution is -0.128. The van der Waals surface area contributed by atoms with Crippen LogP contribution in [0.4, 0.5) is 13.2 Å². The first-order chi connectivity index (χ1) is 7.10.